The summed E-state index contributed by atoms with van der Waals surface area (Å²) in [5.41, 5.74) is 2.22. The number of halogens is 1. The summed E-state index contributed by atoms with van der Waals surface area (Å²) < 4.78 is 12.8. The second-order valence-corrected chi connectivity index (χ2v) is 5.35. The molecule has 0 saturated carbocycles. The van der Waals surface area contributed by atoms with Gasteiger partial charge in [-0.15, -0.1) is 11.3 Å². The molecule has 1 heterocycles. The lowest BCUT2D eigenvalue weighted by molar-refractivity contribution is 0.553. The highest BCUT2D eigenvalue weighted by molar-refractivity contribution is 7.09. The predicted octanol–water partition coefficient (Wildman–Crippen LogP) is 2.96. The third kappa shape index (κ3) is 3.62. The molecule has 2 rings (SSSR count). The van der Waals surface area contributed by atoms with E-state index in [2.05, 4.69) is 15.7 Å². The summed E-state index contributed by atoms with van der Waals surface area (Å²) in [6.07, 6.45) is 1.79. The molecule has 4 heteroatoms. The van der Waals surface area contributed by atoms with Crippen LogP contribution in [-0.4, -0.2) is 18.1 Å². The Morgan fingerprint density at radius 1 is 1.28 bits per heavy atom. The maximum Gasteiger partial charge on any atom is 0.123 e. The summed E-state index contributed by atoms with van der Waals surface area (Å²) in [6, 6.07) is 7.03. The minimum absolute atomic E-state index is 0.185. The van der Waals surface area contributed by atoms with Crippen LogP contribution in [-0.2, 0) is 12.8 Å². The first kappa shape index (κ1) is 13.2. The van der Waals surface area contributed by atoms with Crippen LogP contribution in [0.4, 0.5) is 4.39 Å². The van der Waals surface area contributed by atoms with Crippen molar-refractivity contribution >= 4 is 11.3 Å². The smallest absolute Gasteiger partial charge is 0.123 e. The molecule has 1 N–H and O–H groups in total. The fourth-order valence-electron chi connectivity index (χ4n) is 1.89. The van der Waals surface area contributed by atoms with E-state index >= 15 is 0 Å². The van der Waals surface area contributed by atoms with Gasteiger partial charge < -0.3 is 5.32 Å². The van der Waals surface area contributed by atoms with E-state index in [1.54, 1.807) is 11.3 Å². The summed E-state index contributed by atoms with van der Waals surface area (Å²) in [4.78, 5) is 4.47. The van der Waals surface area contributed by atoms with Gasteiger partial charge in [0.25, 0.3) is 0 Å². The zero-order valence-electron chi connectivity index (χ0n) is 10.6. The van der Waals surface area contributed by atoms with Gasteiger partial charge in [-0.1, -0.05) is 12.1 Å². The lowest BCUT2D eigenvalue weighted by Gasteiger charge is -2.14. The van der Waals surface area contributed by atoms with E-state index in [1.165, 1.54) is 12.1 Å². The van der Waals surface area contributed by atoms with E-state index < -0.39 is 0 Å². The molecule has 1 atom stereocenters. The Morgan fingerprint density at radius 3 is 2.56 bits per heavy atom. The first-order valence-electron chi connectivity index (χ1n) is 6.00. The summed E-state index contributed by atoms with van der Waals surface area (Å²) in [7, 11) is 1.95. The van der Waals surface area contributed by atoms with Gasteiger partial charge in [0.2, 0.25) is 0 Å². The first-order valence-corrected chi connectivity index (χ1v) is 6.88. The monoisotopic (exact) mass is 264 g/mol. The second kappa shape index (κ2) is 6.07. The van der Waals surface area contributed by atoms with E-state index in [9.17, 15) is 4.39 Å². The zero-order valence-corrected chi connectivity index (χ0v) is 11.4. The number of thiazole rings is 1. The van der Waals surface area contributed by atoms with E-state index in [4.69, 9.17) is 0 Å². The molecule has 0 aliphatic carbocycles. The maximum atomic E-state index is 12.8. The molecule has 0 bridgehead atoms. The number of nitrogens with zero attached hydrogens (tertiary/aromatic N) is 1. The molecule has 1 aromatic heterocycles. The van der Waals surface area contributed by atoms with Gasteiger partial charge in [-0.3, -0.25) is 0 Å². The van der Waals surface area contributed by atoms with E-state index in [1.807, 2.05) is 26.1 Å². The number of benzene rings is 1. The van der Waals surface area contributed by atoms with Gasteiger partial charge in [0, 0.05) is 23.5 Å². The topological polar surface area (TPSA) is 24.9 Å². The summed E-state index contributed by atoms with van der Waals surface area (Å²) in [5.74, 6) is -0.185. The molecular formula is C14H17FN2S. The minimum Gasteiger partial charge on any atom is -0.316 e. The number of aromatic nitrogens is 1. The molecule has 1 unspecified atom stereocenters. The van der Waals surface area contributed by atoms with Gasteiger partial charge in [-0.05, 0) is 38.1 Å². The normalized spacial score (nSPS) is 12.6. The van der Waals surface area contributed by atoms with Gasteiger partial charge >= 0.3 is 0 Å². The summed E-state index contributed by atoms with van der Waals surface area (Å²) >= 11 is 1.70. The fourth-order valence-corrected chi connectivity index (χ4v) is 2.74. The van der Waals surface area contributed by atoms with Crippen LogP contribution >= 0.6 is 11.3 Å². The standard InChI is InChI=1S/C14H17FN2S/c1-10-9-18-14(17-10)8-13(16-2)7-11-3-5-12(15)6-4-11/h3-6,9,13,16H,7-8H2,1-2H3. The number of hydrogen-bond donors (Lipinski definition) is 1. The number of likely N-dealkylation sites (N-methyl/N-ethyl adjacent to an activating group) is 1. The number of rotatable bonds is 5. The number of aryl methyl sites for hydroxylation is 1. The van der Waals surface area contributed by atoms with Crippen molar-refractivity contribution in [2.75, 3.05) is 7.05 Å². The van der Waals surface area contributed by atoms with Crippen LogP contribution in [0.2, 0.25) is 0 Å². The minimum atomic E-state index is -0.185. The van der Waals surface area contributed by atoms with Crippen molar-refractivity contribution < 1.29 is 4.39 Å². The Balaban J connectivity index is 1.99. The van der Waals surface area contributed by atoms with Crippen LogP contribution in [0.3, 0.4) is 0 Å². The van der Waals surface area contributed by atoms with Crippen molar-refractivity contribution in [1.82, 2.24) is 10.3 Å². The van der Waals surface area contributed by atoms with Crippen molar-refractivity contribution in [3.63, 3.8) is 0 Å². The quantitative estimate of drug-likeness (QED) is 0.898. The SMILES string of the molecule is CNC(Cc1ccc(F)cc1)Cc1nc(C)cs1. The van der Waals surface area contributed by atoms with Crippen molar-refractivity contribution in [3.05, 3.63) is 51.7 Å². The van der Waals surface area contributed by atoms with Crippen molar-refractivity contribution in [2.24, 2.45) is 0 Å². The summed E-state index contributed by atoms with van der Waals surface area (Å²) in [6.45, 7) is 2.01. The Labute approximate surface area is 111 Å². The van der Waals surface area contributed by atoms with Crippen LogP contribution < -0.4 is 5.32 Å². The van der Waals surface area contributed by atoms with Crippen LogP contribution in [0.15, 0.2) is 29.6 Å². The molecule has 0 radical (unpaired) electrons. The maximum absolute atomic E-state index is 12.8. The molecular weight excluding hydrogens is 247 g/mol. The largest absolute Gasteiger partial charge is 0.316 e. The molecule has 0 fully saturated rings. The molecule has 0 spiro atoms. The molecule has 96 valence electrons. The van der Waals surface area contributed by atoms with Crippen LogP contribution in [0.5, 0.6) is 0 Å². The van der Waals surface area contributed by atoms with E-state index in [0.717, 1.165) is 29.1 Å². The third-order valence-corrected chi connectivity index (χ3v) is 3.88. The molecule has 0 amide bonds. The van der Waals surface area contributed by atoms with E-state index in [0.29, 0.717) is 6.04 Å². The summed E-state index contributed by atoms with van der Waals surface area (Å²) in [5, 5.41) is 6.51. The predicted molar refractivity (Wildman–Crippen MR) is 73.5 cm³/mol. The zero-order chi connectivity index (χ0) is 13.0. The molecule has 1 aromatic carbocycles. The van der Waals surface area contributed by atoms with Gasteiger partial charge in [-0.25, -0.2) is 9.37 Å². The lowest BCUT2D eigenvalue weighted by Crippen LogP contribution is -2.29. The highest BCUT2D eigenvalue weighted by atomic mass is 32.1. The van der Waals surface area contributed by atoms with Crippen LogP contribution in [0.25, 0.3) is 0 Å². The van der Waals surface area contributed by atoms with Crippen molar-refractivity contribution in [1.29, 1.82) is 0 Å². The van der Waals surface area contributed by atoms with Crippen LogP contribution in [0.1, 0.15) is 16.3 Å². The Kier molecular flexibility index (Phi) is 4.44. The third-order valence-electron chi connectivity index (χ3n) is 2.89. The van der Waals surface area contributed by atoms with Gasteiger partial charge in [0.15, 0.2) is 0 Å². The second-order valence-electron chi connectivity index (χ2n) is 4.40. The average molecular weight is 264 g/mol. The number of nitrogens with one attached hydrogen (secondary N) is 1. The molecule has 2 aromatic rings. The Hall–Kier alpha value is -1.26. The van der Waals surface area contributed by atoms with Crippen molar-refractivity contribution in [3.8, 4) is 0 Å². The molecule has 0 aliphatic rings. The highest BCUT2D eigenvalue weighted by Gasteiger charge is 2.10. The lowest BCUT2D eigenvalue weighted by atomic mass is 10.0. The average Bonchev–Trinajstić information content (AvgIpc) is 2.77. The first-order chi connectivity index (χ1) is 8.67. The highest BCUT2D eigenvalue weighted by Crippen LogP contribution is 2.13. The Bertz CT molecular complexity index is 493. The van der Waals surface area contributed by atoms with Gasteiger partial charge in [0.05, 0.1) is 5.01 Å². The molecule has 0 aliphatic heterocycles. The van der Waals surface area contributed by atoms with Crippen LogP contribution in [0, 0.1) is 12.7 Å². The Morgan fingerprint density at radius 2 is 2.00 bits per heavy atom. The number of hydrogen-bond acceptors (Lipinski definition) is 3. The van der Waals surface area contributed by atoms with E-state index in [-0.39, 0.29) is 5.82 Å². The van der Waals surface area contributed by atoms with Gasteiger partial charge in [0.1, 0.15) is 5.82 Å². The fraction of sp³-hybridized carbons (Fsp3) is 0.357. The molecule has 0 saturated heterocycles. The molecule has 18 heavy (non-hydrogen) atoms. The molecule has 2 nitrogen and oxygen atoms in total. The van der Waals surface area contributed by atoms with Gasteiger partial charge in [-0.2, -0.15) is 0 Å². The van der Waals surface area contributed by atoms with Crippen molar-refractivity contribution in [2.45, 2.75) is 25.8 Å².